The lowest BCUT2D eigenvalue weighted by Gasteiger charge is -2.14. The van der Waals surface area contributed by atoms with E-state index in [0.29, 0.717) is 19.4 Å². The molecule has 0 saturated heterocycles. The Balaban J connectivity index is 3.55. The highest BCUT2D eigenvalue weighted by Crippen LogP contribution is 1.99. The molecule has 0 aliphatic rings. The van der Waals surface area contributed by atoms with Gasteiger partial charge >= 0.3 is 0 Å². The standard InChI is InChI=1S/C8H14N2OS/c1-10(6-3-5-9)8(11)4-7-12-2/h3-4,6-7H2,1-2H3. The Kier molecular flexibility index (Phi) is 6.58. The van der Waals surface area contributed by atoms with Crippen LogP contribution in [0, 0.1) is 11.3 Å². The number of carbonyl (C=O) groups excluding carboxylic acids is 1. The lowest BCUT2D eigenvalue weighted by Crippen LogP contribution is -2.27. The van der Waals surface area contributed by atoms with Crippen LogP contribution in [0.1, 0.15) is 12.8 Å². The van der Waals surface area contributed by atoms with E-state index in [9.17, 15) is 4.79 Å². The van der Waals surface area contributed by atoms with Crippen LogP contribution in [0.3, 0.4) is 0 Å². The molecule has 0 aliphatic carbocycles. The summed E-state index contributed by atoms with van der Waals surface area (Å²) in [5.41, 5.74) is 0. The predicted octanol–water partition coefficient (Wildman–Crippen LogP) is 1.11. The van der Waals surface area contributed by atoms with Gasteiger partial charge in [-0.3, -0.25) is 4.79 Å². The molecule has 0 unspecified atom stereocenters. The first-order valence-electron chi connectivity index (χ1n) is 3.82. The molecule has 0 aromatic rings. The maximum absolute atomic E-state index is 11.2. The van der Waals surface area contributed by atoms with Gasteiger partial charge in [-0.15, -0.1) is 0 Å². The zero-order valence-corrected chi connectivity index (χ0v) is 8.36. The van der Waals surface area contributed by atoms with Crippen molar-refractivity contribution >= 4 is 17.7 Å². The van der Waals surface area contributed by atoms with Gasteiger partial charge in [0.05, 0.1) is 12.5 Å². The van der Waals surface area contributed by atoms with Crippen molar-refractivity contribution in [3.63, 3.8) is 0 Å². The largest absolute Gasteiger partial charge is 0.345 e. The van der Waals surface area contributed by atoms with Crippen LogP contribution in [0.15, 0.2) is 0 Å². The van der Waals surface area contributed by atoms with Gasteiger partial charge in [-0.05, 0) is 6.26 Å². The van der Waals surface area contributed by atoms with Crippen LogP contribution in [0.2, 0.25) is 0 Å². The van der Waals surface area contributed by atoms with Crippen molar-refractivity contribution in [2.75, 3.05) is 25.6 Å². The molecule has 0 aromatic carbocycles. The van der Waals surface area contributed by atoms with Crippen LogP contribution in [0.5, 0.6) is 0 Å². The van der Waals surface area contributed by atoms with E-state index in [0.717, 1.165) is 5.75 Å². The molecule has 1 amide bonds. The fourth-order valence-electron chi connectivity index (χ4n) is 0.723. The van der Waals surface area contributed by atoms with Crippen LogP contribution in [0.4, 0.5) is 0 Å². The van der Waals surface area contributed by atoms with Crippen molar-refractivity contribution < 1.29 is 4.79 Å². The monoisotopic (exact) mass is 186 g/mol. The summed E-state index contributed by atoms with van der Waals surface area (Å²) in [5, 5.41) is 8.28. The summed E-state index contributed by atoms with van der Waals surface area (Å²) < 4.78 is 0. The van der Waals surface area contributed by atoms with E-state index in [2.05, 4.69) is 0 Å². The zero-order valence-electron chi connectivity index (χ0n) is 7.54. The minimum atomic E-state index is 0.125. The predicted molar refractivity (Wildman–Crippen MR) is 50.9 cm³/mol. The molecule has 0 aliphatic heterocycles. The molecule has 4 heteroatoms. The van der Waals surface area contributed by atoms with Crippen LogP contribution in [-0.2, 0) is 4.79 Å². The van der Waals surface area contributed by atoms with Gasteiger partial charge in [0.2, 0.25) is 5.91 Å². The van der Waals surface area contributed by atoms with Gasteiger partial charge in [0, 0.05) is 25.8 Å². The van der Waals surface area contributed by atoms with Crippen LogP contribution >= 0.6 is 11.8 Å². The maximum atomic E-state index is 11.2. The highest BCUT2D eigenvalue weighted by molar-refractivity contribution is 7.98. The van der Waals surface area contributed by atoms with E-state index in [1.54, 1.807) is 23.7 Å². The van der Waals surface area contributed by atoms with Gasteiger partial charge in [0.25, 0.3) is 0 Å². The second kappa shape index (κ2) is 6.99. The average Bonchev–Trinajstić information content (AvgIpc) is 2.10. The van der Waals surface area contributed by atoms with Crippen molar-refractivity contribution in [3.8, 4) is 6.07 Å². The summed E-state index contributed by atoms with van der Waals surface area (Å²) in [6, 6.07) is 2.01. The van der Waals surface area contributed by atoms with Gasteiger partial charge in [-0.2, -0.15) is 17.0 Å². The summed E-state index contributed by atoms with van der Waals surface area (Å²) in [6.07, 6.45) is 2.97. The molecule has 0 bridgehead atoms. The molecule has 0 heterocycles. The smallest absolute Gasteiger partial charge is 0.223 e. The SMILES string of the molecule is CSCCC(=O)N(C)CCC#N. The number of amides is 1. The molecule has 0 aromatic heterocycles. The highest BCUT2D eigenvalue weighted by atomic mass is 32.2. The van der Waals surface area contributed by atoms with E-state index in [-0.39, 0.29) is 5.91 Å². The molecule has 68 valence electrons. The lowest BCUT2D eigenvalue weighted by molar-refractivity contribution is -0.129. The van der Waals surface area contributed by atoms with E-state index < -0.39 is 0 Å². The third-order valence-corrected chi connectivity index (χ3v) is 2.12. The van der Waals surface area contributed by atoms with E-state index in [1.807, 2.05) is 12.3 Å². The topological polar surface area (TPSA) is 44.1 Å². The van der Waals surface area contributed by atoms with Crippen molar-refractivity contribution in [3.05, 3.63) is 0 Å². The average molecular weight is 186 g/mol. The number of nitrogens with zero attached hydrogens (tertiary/aromatic N) is 2. The first-order valence-corrected chi connectivity index (χ1v) is 5.21. The zero-order chi connectivity index (χ0) is 9.40. The third kappa shape index (κ3) is 5.03. The van der Waals surface area contributed by atoms with Crippen LogP contribution in [-0.4, -0.2) is 36.4 Å². The molecular formula is C8H14N2OS. The number of hydrogen-bond donors (Lipinski definition) is 0. The third-order valence-electron chi connectivity index (χ3n) is 1.50. The summed E-state index contributed by atoms with van der Waals surface area (Å²) in [5.74, 6) is 0.982. The van der Waals surface area contributed by atoms with E-state index in [4.69, 9.17) is 5.26 Å². The normalized spacial score (nSPS) is 9.08. The number of rotatable bonds is 5. The van der Waals surface area contributed by atoms with Crippen LogP contribution in [0.25, 0.3) is 0 Å². The van der Waals surface area contributed by atoms with Crippen molar-refractivity contribution in [1.82, 2.24) is 4.90 Å². The van der Waals surface area contributed by atoms with Crippen LogP contribution < -0.4 is 0 Å². The molecule has 0 fully saturated rings. The summed E-state index contributed by atoms with van der Waals surface area (Å²) in [7, 11) is 1.74. The van der Waals surface area contributed by atoms with Crippen molar-refractivity contribution in [1.29, 1.82) is 5.26 Å². The Hall–Kier alpha value is -0.690. The molecule has 12 heavy (non-hydrogen) atoms. The van der Waals surface area contributed by atoms with Crippen molar-refractivity contribution in [2.24, 2.45) is 0 Å². The van der Waals surface area contributed by atoms with Crippen molar-refractivity contribution in [2.45, 2.75) is 12.8 Å². The van der Waals surface area contributed by atoms with Gasteiger partial charge in [-0.25, -0.2) is 0 Å². The Morgan fingerprint density at radius 1 is 1.67 bits per heavy atom. The van der Waals surface area contributed by atoms with Gasteiger partial charge in [0.1, 0.15) is 0 Å². The molecular weight excluding hydrogens is 172 g/mol. The molecule has 3 nitrogen and oxygen atoms in total. The maximum Gasteiger partial charge on any atom is 0.223 e. The van der Waals surface area contributed by atoms with E-state index >= 15 is 0 Å². The quantitative estimate of drug-likeness (QED) is 0.646. The second-order valence-electron chi connectivity index (χ2n) is 2.47. The Labute approximate surface area is 77.7 Å². The summed E-state index contributed by atoms with van der Waals surface area (Å²) >= 11 is 1.66. The molecule has 0 spiro atoms. The molecule has 0 atom stereocenters. The lowest BCUT2D eigenvalue weighted by atomic mass is 10.3. The minimum absolute atomic E-state index is 0.125. The summed E-state index contributed by atoms with van der Waals surface area (Å²) in [4.78, 5) is 12.8. The first kappa shape index (κ1) is 11.3. The Morgan fingerprint density at radius 2 is 2.33 bits per heavy atom. The van der Waals surface area contributed by atoms with Gasteiger partial charge in [-0.1, -0.05) is 0 Å². The fraction of sp³-hybridized carbons (Fsp3) is 0.750. The van der Waals surface area contributed by atoms with Gasteiger partial charge < -0.3 is 4.90 Å². The van der Waals surface area contributed by atoms with Gasteiger partial charge in [0.15, 0.2) is 0 Å². The Morgan fingerprint density at radius 3 is 2.83 bits per heavy atom. The summed E-state index contributed by atoms with van der Waals surface area (Å²) in [6.45, 7) is 0.545. The number of hydrogen-bond acceptors (Lipinski definition) is 3. The number of thioether (sulfide) groups is 1. The highest BCUT2D eigenvalue weighted by Gasteiger charge is 2.06. The number of carbonyl (C=O) groups is 1. The Bertz CT molecular complexity index is 176. The second-order valence-corrected chi connectivity index (χ2v) is 3.45. The molecule has 0 N–H and O–H groups in total. The molecule has 0 radical (unpaired) electrons. The van der Waals surface area contributed by atoms with E-state index in [1.165, 1.54) is 0 Å². The number of nitriles is 1. The minimum Gasteiger partial charge on any atom is -0.345 e. The molecule has 0 rings (SSSR count). The molecule has 0 saturated carbocycles. The first-order chi connectivity index (χ1) is 5.72. The fourth-order valence-corrected chi connectivity index (χ4v) is 1.10.